The van der Waals surface area contributed by atoms with Crippen molar-refractivity contribution < 1.29 is 14.3 Å². The number of carbonyl (C=O) groups is 2. The number of rotatable bonds is 6. The van der Waals surface area contributed by atoms with Crippen LogP contribution < -0.4 is 10.1 Å². The van der Waals surface area contributed by atoms with Gasteiger partial charge in [0.25, 0.3) is 5.91 Å². The number of hydrogen-bond donors (Lipinski definition) is 1. The zero-order valence-corrected chi connectivity index (χ0v) is 10.1. The summed E-state index contributed by atoms with van der Waals surface area (Å²) in [7, 11) is 0. The van der Waals surface area contributed by atoms with Crippen LogP contribution in [0, 0.1) is 0 Å². The number of benzene rings is 1. The summed E-state index contributed by atoms with van der Waals surface area (Å²) in [6.45, 7) is 4.33. The maximum absolute atomic E-state index is 11.5. The summed E-state index contributed by atoms with van der Waals surface area (Å²) >= 11 is 0. The second-order valence-corrected chi connectivity index (χ2v) is 3.74. The summed E-state index contributed by atoms with van der Waals surface area (Å²) in [5.74, 6) is 0.445. The molecule has 0 saturated carbocycles. The lowest BCUT2D eigenvalue weighted by molar-refractivity contribution is -0.127. The molecule has 4 heteroatoms. The molecule has 0 saturated heterocycles. The van der Waals surface area contributed by atoms with Gasteiger partial charge in [-0.05, 0) is 37.6 Å². The average Bonchev–Trinajstić information content (AvgIpc) is 2.36. The van der Waals surface area contributed by atoms with Crippen LogP contribution in [0.5, 0.6) is 5.75 Å². The molecule has 0 aromatic heterocycles. The fraction of sp³-hybridized carbons (Fsp3) is 0.385. The van der Waals surface area contributed by atoms with E-state index >= 15 is 0 Å². The number of amides is 1. The van der Waals surface area contributed by atoms with E-state index in [9.17, 15) is 9.59 Å². The molecule has 0 fully saturated rings. The molecule has 1 rings (SSSR count). The molecule has 92 valence electrons. The second-order valence-electron chi connectivity index (χ2n) is 3.74. The van der Waals surface area contributed by atoms with E-state index in [4.69, 9.17) is 4.74 Å². The molecule has 1 aromatic carbocycles. The smallest absolute Gasteiger partial charge is 0.260 e. The Morgan fingerprint density at radius 3 is 2.59 bits per heavy atom. The van der Waals surface area contributed by atoms with Crippen LogP contribution in [0.3, 0.4) is 0 Å². The van der Waals surface area contributed by atoms with Gasteiger partial charge in [-0.2, -0.15) is 0 Å². The van der Waals surface area contributed by atoms with E-state index in [1.807, 2.05) is 6.92 Å². The molecule has 0 aliphatic carbocycles. The van der Waals surface area contributed by atoms with Crippen LogP contribution in [-0.2, 0) is 4.79 Å². The fourth-order valence-electron chi connectivity index (χ4n) is 1.27. The third-order valence-corrected chi connectivity index (χ3v) is 2.25. The Balaban J connectivity index is 2.51. The minimum Gasteiger partial charge on any atom is -0.481 e. The van der Waals surface area contributed by atoms with Gasteiger partial charge >= 0.3 is 0 Å². The van der Waals surface area contributed by atoms with Gasteiger partial charge < -0.3 is 10.1 Å². The Hall–Kier alpha value is -1.84. The van der Waals surface area contributed by atoms with Crippen LogP contribution in [0.15, 0.2) is 24.3 Å². The topological polar surface area (TPSA) is 55.4 Å². The summed E-state index contributed by atoms with van der Waals surface area (Å²) in [6, 6.07) is 6.65. The SMILES string of the molecule is CCCNC(=O)C(C)Oc1ccc(C=O)cc1. The number of carbonyl (C=O) groups excluding carboxylic acids is 2. The van der Waals surface area contributed by atoms with Crippen LogP contribution in [-0.4, -0.2) is 24.8 Å². The Morgan fingerprint density at radius 1 is 1.41 bits per heavy atom. The van der Waals surface area contributed by atoms with Crippen LogP contribution in [0.25, 0.3) is 0 Å². The van der Waals surface area contributed by atoms with Gasteiger partial charge in [0.2, 0.25) is 0 Å². The van der Waals surface area contributed by atoms with Crippen molar-refractivity contribution in [2.75, 3.05) is 6.54 Å². The first kappa shape index (κ1) is 13.2. The van der Waals surface area contributed by atoms with Crippen molar-refractivity contribution in [3.05, 3.63) is 29.8 Å². The van der Waals surface area contributed by atoms with Gasteiger partial charge in [-0.1, -0.05) is 6.92 Å². The van der Waals surface area contributed by atoms with E-state index in [1.54, 1.807) is 31.2 Å². The van der Waals surface area contributed by atoms with E-state index in [0.29, 0.717) is 17.9 Å². The largest absolute Gasteiger partial charge is 0.481 e. The Morgan fingerprint density at radius 2 is 2.06 bits per heavy atom. The maximum Gasteiger partial charge on any atom is 0.260 e. The van der Waals surface area contributed by atoms with E-state index < -0.39 is 6.10 Å². The van der Waals surface area contributed by atoms with Gasteiger partial charge in [0.1, 0.15) is 12.0 Å². The molecule has 0 aliphatic rings. The molecular formula is C13H17NO3. The zero-order chi connectivity index (χ0) is 12.7. The molecule has 17 heavy (non-hydrogen) atoms. The van der Waals surface area contributed by atoms with Crippen molar-refractivity contribution in [3.8, 4) is 5.75 Å². The molecule has 0 aliphatic heterocycles. The Labute approximate surface area is 101 Å². The standard InChI is InChI=1S/C13H17NO3/c1-3-8-14-13(16)10(2)17-12-6-4-11(9-15)5-7-12/h4-7,9-10H,3,8H2,1-2H3,(H,14,16). The summed E-state index contributed by atoms with van der Waals surface area (Å²) in [4.78, 5) is 22.0. The molecule has 0 bridgehead atoms. The highest BCUT2D eigenvalue weighted by Gasteiger charge is 2.13. The van der Waals surface area contributed by atoms with Crippen LogP contribution in [0.1, 0.15) is 30.6 Å². The first-order chi connectivity index (χ1) is 8.17. The lowest BCUT2D eigenvalue weighted by atomic mass is 10.2. The summed E-state index contributed by atoms with van der Waals surface area (Å²) in [5.41, 5.74) is 0.584. The van der Waals surface area contributed by atoms with Gasteiger partial charge in [-0.25, -0.2) is 0 Å². The zero-order valence-electron chi connectivity index (χ0n) is 10.1. The molecule has 0 heterocycles. The fourth-order valence-corrected chi connectivity index (χ4v) is 1.27. The Kier molecular flexibility index (Phi) is 5.20. The summed E-state index contributed by atoms with van der Waals surface area (Å²) in [5, 5.41) is 2.75. The first-order valence-corrected chi connectivity index (χ1v) is 5.67. The number of ether oxygens (including phenoxy) is 1. The first-order valence-electron chi connectivity index (χ1n) is 5.67. The number of nitrogens with one attached hydrogen (secondary N) is 1. The molecule has 1 atom stereocenters. The third-order valence-electron chi connectivity index (χ3n) is 2.25. The minimum absolute atomic E-state index is 0.133. The minimum atomic E-state index is -0.538. The van der Waals surface area contributed by atoms with Gasteiger partial charge in [0.05, 0.1) is 0 Å². The van der Waals surface area contributed by atoms with Crippen molar-refractivity contribution in [2.24, 2.45) is 0 Å². The van der Waals surface area contributed by atoms with Gasteiger partial charge in [-0.3, -0.25) is 9.59 Å². The van der Waals surface area contributed by atoms with Gasteiger partial charge in [0, 0.05) is 12.1 Å². The average molecular weight is 235 g/mol. The maximum atomic E-state index is 11.5. The summed E-state index contributed by atoms with van der Waals surface area (Å²) in [6.07, 6.45) is 1.12. The molecule has 1 aromatic rings. The lowest BCUT2D eigenvalue weighted by Crippen LogP contribution is -2.36. The van der Waals surface area contributed by atoms with Gasteiger partial charge in [0.15, 0.2) is 6.10 Å². The highest BCUT2D eigenvalue weighted by molar-refractivity contribution is 5.80. The van der Waals surface area contributed by atoms with E-state index in [1.165, 1.54) is 0 Å². The van der Waals surface area contributed by atoms with Crippen molar-refractivity contribution in [1.82, 2.24) is 5.32 Å². The number of aldehydes is 1. The van der Waals surface area contributed by atoms with Crippen LogP contribution >= 0.6 is 0 Å². The molecule has 0 radical (unpaired) electrons. The molecule has 1 N–H and O–H groups in total. The molecule has 0 spiro atoms. The van der Waals surface area contributed by atoms with Crippen molar-refractivity contribution in [3.63, 3.8) is 0 Å². The van der Waals surface area contributed by atoms with Crippen LogP contribution in [0.2, 0.25) is 0 Å². The molecule has 1 unspecified atom stereocenters. The molecule has 4 nitrogen and oxygen atoms in total. The van der Waals surface area contributed by atoms with Crippen LogP contribution in [0.4, 0.5) is 0 Å². The lowest BCUT2D eigenvalue weighted by Gasteiger charge is -2.14. The van der Waals surface area contributed by atoms with E-state index in [0.717, 1.165) is 12.7 Å². The summed E-state index contributed by atoms with van der Waals surface area (Å²) < 4.78 is 5.44. The predicted octanol–water partition coefficient (Wildman–Crippen LogP) is 1.79. The second kappa shape index (κ2) is 6.68. The predicted molar refractivity (Wildman–Crippen MR) is 65.2 cm³/mol. The highest BCUT2D eigenvalue weighted by atomic mass is 16.5. The molecular weight excluding hydrogens is 218 g/mol. The Bertz CT molecular complexity index is 373. The van der Waals surface area contributed by atoms with Crippen molar-refractivity contribution >= 4 is 12.2 Å². The normalized spacial score (nSPS) is 11.6. The van der Waals surface area contributed by atoms with Crippen molar-refractivity contribution in [1.29, 1.82) is 0 Å². The monoisotopic (exact) mass is 235 g/mol. The molecule has 1 amide bonds. The number of hydrogen-bond acceptors (Lipinski definition) is 3. The van der Waals surface area contributed by atoms with Gasteiger partial charge in [-0.15, -0.1) is 0 Å². The van der Waals surface area contributed by atoms with Crippen molar-refractivity contribution in [2.45, 2.75) is 26.4 Å². The third kappa shape index (κ3) is 4.26. The highest BCUT2D eigenvalue weighted by Crippen LogP contribution is 2.12. The quantitative estimate of drug-likeness (QED) is 0.765. The van der Waals surface area contributed by atoms with E-state index in [-0.39, 0.29) is 5.91 Å². The van der Waals surface area contributed by atoms with E-state index in [2.05, 4.69) is 5.32 Å².